The molecule has 0 atom stereocenters. The second kappa shape index (κ2) is 8.53. The van der Waals surface area contributed by atoms with Crippen LogP contribution in [-0.4, -0.2) is 29.9 Å². The van der Waals surface area contributed by atoms with Gasteiger partial charge in [0, 0.05) is 19.6 Å². The van der Waals surface area contributed by atoms with E-state index in [0.29, 0.717) is 32.5 Å². The van der Waals surface area contributed by atoms with Crippen molar-refractivity contribution in [2.24, 2.45) is 10.7 Å². The number of carbonyl (C=O) groups is 1. The summed E-state index contributed by atoms with van der Waals surface area (Å²) in [5, 5.41) is 11.7. The molecule has 0 aliphatic carbocycles. The van der Waals surface area contributed by atoms with Crippen LogP contribution in [0.3, 0.4) is 0 Å². The number of halogens is 1. The number of piperidine rings is 1. The molecule has 1 aliphatic heterocycles. The molecule has 0 aromatic heterocycles. The number of nitrogens with zero attached hydrogens (tertiary/aromatic N) is 3. The summed E-state index contributed by atoms with van der Waals surface area (Å²) in [5.41, 5.74) is 6.92. The number of likely N-dealkylation sites (tertiary alicyclic amines) is 1. The van der Waals surface area contributed by atoms with Crippen LogP contribution in [0, 0.1) is 17.3 Å². The zero-order chi connectivity index (χ0) is 20.0. The molecule has 144 valence electrons. The molecule has 0 unspecified atom stereocenters. The normalized spacial score (nSPS) is 16.3. The number of hydrogen-bond donors (Lipinski definition) is 2. The topological polar surface area (TPSA) is 94.5 Å². The van der Waals surface area contributed by atoms with Crippen LogP contribution in [0.2, 0.25) is 0 Å². The highest BCUT2D eigenvalue weighted by Crippen LogP contribution is 2.36. The number of hydrogen-bond acceptors (Lipinski definition) is 3. The van der Waals surface area contributed by atoms with E-state index < -0.39 is 5.41 Å². The first-order valence-corrected chi connectivity index (χ1v) is 9.10. The summed E-state index contributed by atoms with van der Waals surface area (Å²) in [7, 11) is 0. The molecule has 3 N–H and O–H groups in total. The predicted molar refractivity (Wildman–Crippen MR) is 104 cm³/mol. The van der Waals surface area contributed by atoms with Crippen LogP contribution in [0.4, 0.5) is 4.39 Å². The van der Waals surface area contributed by atoms with Crippen molar-refractivity contribution in [3.8, 4) is 6.19 Å². The monoisotopic (exact) mass is 379 g/mol. The molecule has 0 radical (unpaired) electrons. The summed E-state index contributed by atoms with van der Waals surface area (Å²) >= 11 is 0. The number of aliphatic imine (C=N–C) groups is 1. The molecule has 3 rings (SSSR count). The molecule has 0 saturated carbocycles. The Morgan fingerprint density at radius 2 is 1.82 bits per heavy atom. The van der Waals surface area contributed by atoms with Gasteiger partial charge in [-0.05, 0) is 36.1 Å². The molecule has 0 bridgehead atoms. The number of carbonyl (C=O) groups excluding carboxylic acids is 1. The lowest BCUT2D eigenvalue weighted by Gasteiger charge is -2.41. The first-order valence-electron chi connectivity index (χ1n) is 9.10. The molecule has 1 heterocycles. The van der Waals surface area contributed by atoms with Crippen LogP contribution in [0.1, 0.15) is 24.0 Å². The van der Waals surface area contributed by atoms with Crippen LogP contribution in [0.15, 0.2) is 59.6 Å². The second-order valence-electron chi connectivity index (χ2n) is 6.81. The van der Waals surface area contributed by atoms with Gasteiger partial charge in [0.1, 0.15) is 5.82 Å². The van der Waals surface area contributed by atoms with Gasteiger partial charge >= 0.3 is 0 Å². The van der Waals surface area contributed by atoms with E-state index in [2.05, 4.69) is 10.3 Å². The summed E-state index contributed by atoms with van der Waals surface area (Å²) in [4.78, 5) is 18.7. The smallest absolute Gasteiger partial charge is 0.231 e. The van der Waals surface area contributed by atoms with E-state index in [1.165, 1.54) is 12.1 Å². The first kappa shape index (κ1) is 19.4. The maximum Gasteiger partial charge on any atom is 0.231 e. The van der Waals surface area contributed by atoms with Crippen molar-refractivity contribution in [3.05, 3.63) is 71.5 Å². The molecular weight excluding hydrogens is 357 g/mol. The lowest BCUT2D eigenvalue weighted by molar-refractivity contribution is -0.128. The Labute approximate surface area is 163 Å². The van der Waals surface area contributed by atoms with E-state index in [0.717, 1.165) is 11.1 Å². The molecule has 28 heavy (non-hydrogen) atoms. The van der Waals surface area contributed by atoms with Crippen LogP contribution in [0.25, 0.3) is 0 Å². The van der Waals surface area contributed by atoms with E-state index in [4.69, 9.17) is 11.0 Å². The van der Waals surface area contributed by atoms with Crippen molar-refractivity contribution in [3.63, 3.8) is 0 Å². The molecule has 1 fully saturated rings. The molecule has 0 spiro atoms. The molecule has 2 aromatic carbocycles. The van der Waals surface area contributed by atoms with Crippen molar-refractivity contribution in [1.82, 2.24) is 10.2 Å². The number of benzene rings is 2. The molecule has 7 heteroatoms. The number of rotatable bonds is 4. The standard InChI is InChI=1S/C21H22FN5O/c22-18-8-6-16(7-9-18)14-25-19(28)21(17-4-2-1-3-5-17)10-12-27(13-11-21)20(24)26-15-23/h1-9H,10-14H2,(H2,24,26)(H,25,28). The van der Waals surface area contributed by atoms with Gasteiger partial charge < -0.3 is 16.0 Å². The van der Waals surface area contributed by atoms with E-state index >= 15 is 0 Å². The summed E-state index contributed by atoms with van der Waals surface area (Å²) in [6, 6.07) is 15.7. The van der Waals surface area contributed by atoms with Gasteiger partial charge in [0.05, 0.1) is 5.41 Å². The van der Waals surface area contributed by atoms with Gasteiger partial charge in [0.25, 0.3) is 0 Å². The minimum Gasteiger partial charge on any atom is -0.369 e. The summed E-state index contributed by atoms with van der Waals surface area (Å²) in [6.07, 6.45) is 2.80. The van der Waals surface area contributed by atoms with E-state index in [1.807, 2.05) is 35.2 Å². The fourth-order valence-electron chi connectivity index (χ4n) is 3.60. The SMILES string of the molecule is N#CN=C(N)N1CCC(C(=O)NCc2ccc(F)cc2)(c2ccccc2)CC1. The van der Waals surface area contributed by atoms with E-state index in [9.17, 15) is 9.18 Å². The number of nitrogens with two attached hydrogens (primary N) is 1. The number of amides is 1. The predicted octanol–water partition coefficient (Wildman–Crippen LogP) is 2.27. The van der Waals surface area contributed by atoms with Gasteiger partial charge in [0.2, 0.25) is 18.1 Å². The molecular formula is C21H22FN5O. The maximum absolute atomic E-state index is 13.2. The van der Waals surface area contributed by atoms with Gasteiger partial charge in [-0.2, -0.15) is 5.26 Å². The lowest BCUT2D eigenvalue weighted by Crippen LogP contribution is -2.53. The van der Waals surface area contributed by atoms with Crippen molar-refractivity contribution in [1.29, 1.82) is 5.26 Å². The zero-order valence-electron chi connectivity index (χ0n) is 15.4. The summed E-state index contributed by atoms with van der Waals surface area (Å²) in [5.74, 6) is -0.200. The zero-order valence-corrected chi connectivity index (χ0v) is 15.4. The Bertz CT molecular complexity index is 881. The Hall–Kier alpha value is -3.40. The van der Waals surface area contributed by atoms with Gasteiger partial charge in [-0.3, -0.25) is 4.79 Å². The van der Waals surface area contributed by atoms with Gasteiger partial charge in [-0.1, -0.05) is 42.5 Å². The fraction of sp³-hybridized carbons (Fsp3) is 0.286. The Kier molecular flexibility index (Phi) is 5.90. The average molecular weight is 379 g/mol. The van der Waals surface area contributed by atoms with E-state index in [-0.39, 0.29) is 17.7 Å². The first-order chi connectivity index (χ1) is 13.5. The summed E-state index contributed by atoms with van der Waals surface area (Å²) in [6.45, 7) is 1.38. The Morgan fingerprint density at radius 1 is 1.18 bits per heavy atom. The third kappa shape index (κ3) is 4.12. The Balaban J connectivity index is 1.78. The largest absolute Gasteiger partial charge is 0.369 e. The minimum absolute atomic E-state index is 0.0709. The van der Waals surface area contributed by atoms with Crippen molar-refractivity contribution in [2.45, 2.75) is 24.8 Å². The molecule has 1 aliphatic rings. The number of nitrogens with one attached hydrogen (secondary N) is 1. The van der Waals surface area contributed by atoms with Gasteiger partial charge in [0.15, 0.2) is 0 Å². The Morgan fingerprint density at radius 3 is 2.43 bits per heavy atom. The third-order valence-corrected chi connectivity index (χ3v) is 5.23. The highest BCUT2D eigenvalue weighted by Gasteiger charge is 2.43. The van der Waals surface area contributed by atoms with Crippen LogP contribution in [0.5, 0.6) is 0 Å². The minimum atomic E-state index is -0.690. The van der Waals surface area contributed by atoms with Crippen molar-refractivity contribution in [2.75, 3.05) is 13.1 Å². The molecule has 6 nitrogen and oxygen atoms in total. The third-order valence-electron chi connectivity index (χ3n) is 5.23. The second-order valence-corrected chi connectivity index (χ2v) is 6.81. The average Bonchev–Trinajstić information content (AvgIpc) is 2.74. The van der Waals surface area contributed by atoms with Crippen LogP contribution < -0.4 is 11.1 Å². The maximum atomic E-state index is 13.2. The van der Waals surface area contributed by atoms with Crippen LogP contribution in [-0.2, 0) is 16.8 Å². The number of guanidine groups is 1. The lowest BCUT2D eigenvalue weighted by atomic mass is 9.72. The number of nitriles is 1. The molecule has 1 saturated heterocycles. The molecule has 1 amide bonds. The fourth-order valence-corrected chi connectivity index (χ4v) is 3.60. The van der Waals surface area contributed by atoms with Gasteiger partial charge in [-0.25, -0.2) is 4.39 Å². The summed E-state index contributed by atoms with van der Waals surface area (Å²) < 4.78 is 13.1. The van der Waals surface area contributed by atoms with Gasteiger partial charge in [-0.15, -0.1) is 4.99 Å². The molecule has 2 aromatic rings. The van der Waals surface area contributed by atoms with Crippen molar-refractivity contribution >= 4 is 11.9 Å². The highest BCUT2D eigenvalue weighted by molar-refractivity contribution is 5.89. The quantitative estimate of drug-likeness (QED) is 0.484. The van der Waals surface area contributed by atoms with Crippen LogP contribution >= 0.6 is 0 Å². The highest BCUT2D eigenvalue weighted by atomic mass is 19.1. The van der Waals surface area contributed by atoms with E-state index in [1.54, 1.807) is 18.3 Å². The van der Waals surface area contributed by atoms with Crippen molar-refractivity contribution < 1.29 is 9.18 Å².